The van der Waals surface area contributed by atoms with Gasteiger partial charge in [-0.2, -0.15) is 0 Å². The van der Waals surface area contributed by atoms with E-state index in [1.54, 1.807) is 0 Å². The van der Waals surface area contributed by atoms with Crippen molar-refractivity contribution in [3.8, 4) is 22.6 Å². The lowest BCUT2D eigenvalue weighted by Crippen LogP contribution is -2.53. The molecule has 6 amide bonds. The van der Waals surface area contributed by atoms with Crippen molar-refractivity contribution in [1.29, 1.82) is 0 Å². The minimum Gasteiger partial charge on any atom is -0.507 e. The van der Waals surface area contributed by atoms with Gasteiger partial charge in [-0.05, 0) is 48.7 Å². The molecule has 1 aliphatic heterocycles. The standard InChI is InChI=1S/C50H74N6O11/c1-6-7-8-9-10-11-12-13-14-15-16-17-18-19-45(63)55(4)39(31-57)50(67)53-33(3)40(58)24-25-46(64)56(5)47-35-21-23-42(60)37(29-35)36-27-34(20-22-41(36)59)28-38(49(66)52-30-44(51)62)54-48(65)32(2)26-43(47)61/h20-23,27,29,32-33,38-39,47,57,59-60H,6-19,24-26,28,30-31H2,1-5H3,(H2,51,62)(H,52,66)(H,53,67)(H,54,65)/t32-,33-,38+,39-,47+/m1/s1. The van der Waals surface area contributed by atoms with Gasteiger partial charge in [0.15, 0.2) is 11.6 Å². The minimum absolute atomic E-state index is 0.0933. The van der Waals surface area contributed by atoms with Crippen LogP contribution in [0.3, 0.4) is 0 Å². The van der Waals surface area contributed by atoms with E-state index < -0.39 is 90.8 Å². The van der Waals surface area contributed by atoms with Crippen molar-refractivity contribution in [2.75, 3.05) is 27.2 Å². The lowest BCUT2D eigenvalue weighted by atomic mass is 9.89. The maximum Gasteiger partial charge on any atom is 0.245 e. The molecule has 0 spiro atoms. The van der Waals surface area contributed by atoms with E-state index in [9.17, 15) is 53.7 Å². The first-order chi connectivity index (χ1) is 31.9. The summed E-state index contributed by atoms with van der Waals surface area (Å²) in [5.41, 5.74) is 6.13. The summed E-state index contributed by atoms with van der Waals surface area (Å²) in [5.74, 6) is -6.51. The highest BCUT2D eigenvalue weighted by atomic mass is 16.3. The van der Waals surface area contributed by atoms with E-state index in [0.29, 0.717) is 12.0 Å². The first-order valence-corrected chi connectivity index (χ1v) is 23.9. The third kappa shape index (κ3) is 17.7. The molecule has 370 valence electrons. The van der Waals surface area contributed by atoms with Crippen LogP contribution in [0, 0.1) is 5.92 Å². The first-order valence-electron chi connectivity index (χ1n) is 23.9. The number of aliphatic hydroxyl groups excluding tert-OH is 1. The van der Waals surface area contributed by atoms with Crippen molar-refractivity contribution in [1.82, 2.24) is 25.8 Å². The fourth-order valence-electron chi connectivity index (χ4n) is 8.24. The Bertz CT molecular complexity index is 2020. The monoisotopic (exact) mass is 935 g/mol. The molecule has 17 nitrogen and oxygen atoms in total. The highest BCUT2D eigenvalue weighted by Crippen LogP contribution is 2.39. The van der Waals surface area contributed by atoms with Gasteiger partial charge in [0.1, 0.15) is 29.6 Å². The van der Waals surface area contributed by atoms with Crippen LogP contribution in [0.1, 0.15) is 147 Å². The van der Waals surface area contributed by atoms with Crippen LogP contribution >= 0.6 is 0 Å². The van der Waals surface area contributed by atoms with Gasteiger partial charge in [-0.15, -0.1) is 0 Å². The van der Waals surface area contributed by atoms with Gasteiger partial charge in [0.25, 0.3) is 0 Å². The van der Waals surface area contributed by atoms with Crippen LogP contribution in [0.15, 0.2) is 36.4 Å². The SMILES string of the molecule is CCCCCCCCCCCCCCCC(=O)N(C)[C@H](CO)C(=O)N[C@H](C)C(=O)CCC(=O)N(C)[C@@H]1C(=O)C[C@@H](C)C(=O)N[C@H](C(=O)NCC(N)=O)Cc2ccc(O)c(c2)-c2cc1ccc2O. The second kappa shape index (κ2) is 28.4. The Morgan fingerprint density at radius 2 is 1.34 bits per heavy atom. The summed E-state index contributed by atoms with van der Waals surface area (Å²) in [6.45, 7) is 3.97. The predicted octanol–water partition coefficient (Wildman–Crippen LogP) is 4.66. The fourth-order valence-corrected chi connectivity index (χ4v) is 8.24. The number of likely N-dealkylation sites (N-methyl/N-ethyl adjacent to an activating group) is 2. The Balaban J connectivity index is 1.64. The number of aliphatic hydroxyl groups is 1. The smallest absolute Gasteiger partial charge is 0.245 e. The van der Waals surface area contributed by atoms with E-state index in [1.807, 2.05) is 0 Å². The molecular weight excluding hydrogens is 861 g/mol. The van der Waals surface area contributed by atoms with Crippen LogP contribution in [0.5, 0.6) is 11.5 Å². The van der Waals surface area contributed by atoms with E-state index in [1.165, 1.54) is 127 Å². The summed E-state index contributed by atoms with van der Waals surface area (Å²) in [5, 5.41) is 39.5. The molecule has 17 heteroatoms. The summed E-state index contributed by atoms with van der Waals surface area (Å²) < 4.78 is 0. The van der Waals surface area contributed by atoms with Gasteiger partial charge in [0.05, 0.1) is 19.2 Å². The molecule has 0 fully saturated rings. The predicted molar refractivity (Wildman–Crippen MR) is 253 cm³/mol. The summed E-state index contributed by atoms with van der Waals surface area (Å²) in [7, 11) is 2.79. The number of phenolic OH excluding ortho intramolecular Hbond substituents is 2. The van der Waals surface area contributed by atoms with E-state index in [4.69, 9.17) is 5.73 Å². The van der Waals surface area contributed by atoms with Crippen LogP contribution in [-0.4, -0.2) is 118 Å². The van der Waals surface area contributed by atoms with Gasteiger partial charge in [0.2, 0.25) is 35.4 Å². The van der Waals surface area contributed by atoms with Crippen molar-refractivity contribution in [2.24, 2.45) is 11.7 Å². The number of ketones is 2. The fraction of sp³-hybridized carbons (Fsp3) is 0.600. The van der Waals surface area contributed by atoms with Crippen LogP contribution in [0.2, 0.25) is 0 Å². The summed E-state index contributed by atoms with van der Waals surface area (Å²) in [4.78, 5) is 108. The average Bonchev–Trinajstić information content (AvgIpc) is 3.29. The van der Waals surface area contributed by atoms with Gasteiger partial charge in [-0.25, -0.2) is 0 Å². The molecule has 0 aliphatic carbocycles. The largest absolute Gasteiger partial charge is 0.507 e. The Hall–Kier alpha value is -5.84. The molecule has 4 bridgehead atoms. The van der Waals surface area contributed by atoms with E-state index >= 15 is 0 Å². The van der Waals surface area contributed by atoms with Gasteiger partial charge < -0.3 is 46.8 Å². The van der Waals surface area contributed by atoms with Crippen molar-refractivity contribution in [3.63, 3.8) is 0 Å². The highest BCUT2D eigenvalue weighted by molar-refractivity contribution is 5.97. The normalized spacial score (nSPS) is 17.0. The van der Waals surface area contributed by atoms with Crippen molar-refractivity contribution in [2.45, 2.75) is 161 Å². The Labute approximate surface area is 395 Å². The number of primary amides is 1. The molecule has 0 saturated carbocycles. The van der Waals surface area contributed by atoms with Crippen LogP contribution < -0.4 is 21.7 Å². The van der Waals surface area contributed by atoms with Crippen LogP contribution in [0.25, 0.3) is 11.1 Å². The molecule has 0 radical (unpaired) electrons. The molecule has 0 unspecified atom stereocenters. The Kier molecular flexibility index (Phi) is 23.5. The number of Topliss-reactive ketones (excluding diaryl/α,β-unsaturated/α-hetero) is 2. The lowest BCUT2D eigenvalue weighted by Gasteiger charge is -2.30. The van der Waals surface area contributed by atoms with Gasteiger partial charge in [-0.3, -0.25) is 38.4 Å². The molecule has 0 saturated heterocycles. The summed E-state index contributed by atoms with van der Waals surface area (Å²) in [6, 6.07) is 3.65. The lowest BCUT2D eigenvalue weighted by molar-refractivity contribution is -0.142. The quantitative estimate of drug-likeness (QED) is 0.0638. The minimum atomic E-state index is -1.34. The number of nitrogens with zero attached hydrogens (tertiary/aromatic N) is 2. The number of benzene rings is 2. The number of hydrogen-bond donors (Lipinski definition) is 7. The first kappa shape index (κ1) is 55.5. The second-order valence-corrected chi connectivity index (χ2v) is 17.9. The van der Waals surface area contributed by atoms with Crippen LogP contribution in [-0.2, 0) is 44.8 Å². The number of unbranched alkanes of at least 4 members (excludes halogenated alkanes) is 12. The number of carbonyl (C=O) groups excluding carboxylic acids is 8. The third-order valence-electron chi connectivity index (χ3n) is 12.5. The van der Waals surface area contributed by atoms with Crippen molar-refractivity contribution in [3.05, 3.63) is 47.5 Å². The number of nitrogens with one attached hydrogen (secondary N) is 3. The zero-order chi connectivity index (χ0) is 49.6. The Morgan fingerprint density at radius 3 is 1.93 bits per heavy atom. The maximum absolute atomic E-state index is 14.2. The van der Waals surface area contributed by atoms with E-state index in [2.05, 4.69) is 22.9 Å². The molecule has 8 N–H and O–H groups in total. The highest BCUT2D eigenvalue weighted by Gasteiger charge is 2.34. The number of aromatic hydroxyl groups is 2. The molecule has 3 rings (SSSR count). The zero-order valence-electron chi connectivity index (χ0n) is 40.1. The van der Waals surface area contributed by atoms with Gasteiger partial charge in [-0.1, -0.05) is 103 Å². The van der Waals surface area contributed by atoms with E-state index in [0.717, 1.165) is 24.2 Å². The molecule has 1 aliphatic rings. The van der Waals surface area contributed by atoms with Gasteiger partial charge >= 0.3 is 0 Å². The average molecular weight is 935 g/mol. The maximum atomic E-state index is 14.2. The number of hydrogen-bond acceptors (Lipinski definition) is 11. The molecule has 1 heterocycles. The topological polar surface area (TPSA) is 266 Å². The van der Waals surface area contributed by atoms with E-state index in [-0.39, 0.29) is 59.8 Å². The number of carbonyl (C=O) groups is 8. The second-order valence-electron chi connectivity index (χ2n) is 17.9. The van der Waals surface area contributed by atoms with Gasteiger partial charge in [0, 0.05) is 63.2 Å². The molecule has 0 aromatic heterocycles. The number of nitrogens with two attached hydrogens (primary N) is 1. The number of amides is 6. The number of fused-ring (bicyclic) bond motifs is 5. The molecule has 5 atom stereocenters. The number of rotatable bonds is 26. The Morgan fingerprint density at radius 1 is 0.776 bits per heavy atom. The zero-order valence-corrected chi connectivity index (χ0v) is 40.1. The van der Waals surface area contributed by atoms with Crippen molar-refractivity contribution < 1.29 is 53.7 Å². The summed E-state index contributed by atoms with van der Waals surface area (Å²) >= 11 is 0. The third-order valence-corrected chi connectivity index (χ3v) is 12.5. The molecule has 2 aromatic carbocycles. The molecular formula is C50H74N6O11. The summed E-state index contributed by atoms with van der Waals surface area (Å²) in [6.07, 6.45) is 14.1. The van der Waals surface area contributed by atoms with Crippen molar-refractivity contribution >= 4 is 47.0 Å². The number of phenols is 2. The molecule has 2 aromatic rings. The molecule has 67 heavy (non-hydrogen) atoms. The van der Waals surface area contributed by atoms with Crippen LogP contribution in [0.4, 0.5) is 0 Å².